The van der Waals surface area contributed by atoms with Crippen LogP contribution < -0.4 is 5.32 Å². The number of aromatic nitrogens is 1. The number of alkyl halides is 2. The summed E-state index contributed by atoms with van der Waals surface area (Å²) in [6.07, 6.45) is 2.23. The zero-order valence-corrected chi connectivity index (χ0v) is 38.2. The Morgan fingerprint density at radius 2 is 1.48 bits per heavy atom. The number of H-pyrrole nitrogens is 1. The minimum atomic E-state index is -5.64. The maximum absolute atomic E-state index is 16.3. The van der Waals surface area contributed by atoms with Crippen molar-refractivity contribution in [3.63, 3.8) is 0 Å². The van der Waals surface area contributed by atoms with Gasteiger partial charge in [0.25, 0.3) is 5.91 Å². The first-order valence-corrected chi connectivity index (χ1v) is 22.5. The molecule has 3 saturated heterocycles. The monoisotopic (exact) mass is 908 g/mol. The van der Waals surface area contributed by atoms with E-state index in [1.165, 1.54) is 70.4 Å². The van der Waals surface area contributed by atoms with Crippen LogP contribution in [-0.2, 0) is 57.5 Å². The molecule has 63 heavy (non-hydrogen) atoms. The summed E-state index contributed by atoms with van der Waals surface area (Å²) in [6.45, 7) is 10.6. The van der Waals surface area contributed by atoms with Gasteiger partial charge in [0.15, 0.2) is 0 Å². The third-order valence-corrected chi connectivity index (χ3v) is 13.4. The highest BCUT2D eigenvalue weighted by molar-refractivity contribution is 7.54. The van der Waals surface area contributed by atoms with Crippen molar-refractivity contribution < 1.29 is 65.4 Å². The van der Waals surface area contributed by atoms with E-state index in [0.29, 0.717) is 45.2 Å². The molecule has 0 spiro atoms. The number of hydrogen-bond donors (Lipinski definition) is 2. The number of carbonyl (C=O) groups excluding carboxylic acids is 7. The molecule has 3 aliphatic heterocycles. The van der Waals surface area contributed by atoms with Gasteiger partial charge in [-0.05, 0) is 85.4 Å². The van der Waals surface area contributed by atoms with E-state index in [0.717, 1.165) is 12.1 Å². The Hall–Kier alpha value is -4.94. The van der Waals surface area contributed by atoms with Gasteiger partial charge < -0.3 is 39.4 Å². The predicted octanol–water partition coefficient (Wildman–Crippen LogP) is 4.72. The number of rotatable bonds is 13. The number of amides is 5. The Morgan fingerprint density at radius 3 is 2.05 bits per heavy atom. The SMILES string of the molecule is CCC(=O)N(C)[C@@H]1CCN(C(=O)[C@@H]2CC[C@@H]3CCN(C(C)=O)C[C@H](NC(=O)c4cc5cc(C(F)(F)P(=O)(OCOC(=O)C(C)(C)C)OCOC(=O)C(C)(C)C)ccc5[nH]4)C(=O)N32)C1. The summed E-state index contributed by atoms with van der Waals surface area (Å²) in [7, 11) is -3.93. The van der Waals surface area contributed by atoms with E-state index in [1.807, 2.05) is 0 Å². The van der Waals surface area contributed by atoms with Gasteiger partial charge in [0.1, 0.15) is 17.8 Å². The average Bonchev–Trinajstić information content (AvgIpc) is 3.98. The topological polar surface area (TPSA) is 214 Å². The van der Waals surface area contributed by atoms with Gasteiger partial charge in [0, 0.05) is 69.1 Å². The molecule has 5 rings (SSSR count). The highest BCUT2D eigenvalue weighted by Gasteiger charge is 2.56. The molecular formula is C42H59F2N6O12P. The van der Waals surface area contributed by atoms with E-state index >= 15 is 8.78 Å². The third-order valence-electron chi connectivity index (χ3n) is 11.6. The van der Waals surface area contributed by atoms with Gasteiger partial charge >= 0.3 is 25.2 Å². The first kappa shape index (κ1) is 49.1. The van der Waals surface area contributed by atoms with E-state index in [2.05, 4.69) is 10.3 Å². The van der Waals surface area contributed by atoms with Crippen LogP contribution in [0.4, 0.5) is 8.78 Å². The summed E-state index contributed by atoms with van der Waals surface area (Å²) in [5.74, 6) is -3.66. The number of likely N-dealkylation sites (N-methyl/N-ethyl adjacent to an activating group) is 1. The van der Waals surface area contributed by atoms with Crippen LogP contribution in [0.3, 0.4) is 0 Å². The summed E-state index contributed by atoms with van der Waals surface area (Å²) in [5, 5.41) is 2.75. The highest BCUT2D eigenvalue weighted by atomic mass is 31.2. The van der Waals surface area contributed by atoms with E-state index in [9.17, 15) is 38.1 Å². The fraction of sp³-hybridized carbons (Fsp3) is 0.643. The number of likely N-dealkylation sites (tertiary alicyclic amines) is 1. The number of hydrogen-bond acceptors (Lipinski definition) is 12. The van der Waals surface area contributed by atoms with Crippen LogP contribution in [0, 0.1) is 10.8 Å². The Kier molecular flexibility index (Phi) is 14.8. The number of carbonyl (C=O) groups is 7. The standard InChI is InChI=1S/C42H59F2N6O12P/c1-10-34(52)47(9)29-16-18-49(21-29)37(55)33-14-12-28-15-17-48(25(2)51)22-32(36(54)50(28)33)46-35(53)31-20-26-19-27(11-13-30(26)45-31)42(43,44)63(58,61-23-59-38(56)40(3,4)5)62-24-60-39(57)41(6,7)8/h11,13,19-20,28-29,32-33,45H,10,12,14-18,21-24H2,1-9H3,(H,46,53)/t28-,29-,32+,33+/m1/s1. The second kappa shape index (κ2) is 19.0. The molecule has 18 nitrogen and oxygen atoms in total. The number of esters is 2. The van der Waals surface area contributed by atoms with Crippen LogP contribution in [-0.4, -0.2) is 137 Å². The van der Waals surface area contributed by atoms with E-state index in [4.69, 9.17) is 18.5 Å². The number of benzene rings is 1. The van der Waals surface area contributed by atoms with Crippen molar-refractivity contribution in [2.45, 2.75) is 117 Å². The Bertz CT molecular complexity index is 2120. The molecule has 21 heteroatoms. The molecule has 2 aromatic rings. The Morgan fingerprint density at radius 1 is 0.873 bits per heavy atom. The second-order valence-corrected chi connectivity index (χ2v) is 20.3. The number of aromatic amines is 1. The molecule has 0 radical (unpaired) electrons. The largest absolute Gasteiger partial charge is 0.438 e. The molecule has 5 amide bonds. The van der Waals surface area contributed by atoms with Crippen molar-refractivity contribution in [3.05, 3.63) is 35.5 Å². The molecule has 2 N–H and O–H groups in total. The lowest BCUT2D eigenvalue weighted by Gasteiger charge is -2.39. The molecule has 4 atom stereocenters. The van der Waals surface area contributed by atoms with Crippen LogP contribution in [0.1, 0.15) is 104 Å². The molecular weight excluding hydrogens is 849 g/mol. The van der Waals surface area contributed by atoms with Crippen molar-refractivity contribution in [2.24, 2.45) is 10.8 Å². The van der Waals surface area contributed by atoms with Crippen LogP contribution in [0.25, 0.3) is 10.9 Å². The molecule has 1 aromatic carbocycles. The van der Waals surface area contributed by atoms with Gasteiger partial charge in [-0.15, -0.1) is 0 Å². The molecule has 0 unspecified atom stereocenters. The zero-order valence-electron chi connectivity index (χ0n) is 37.3. The second-order valence-electron chi connectivity index (χ2n) is 18.2. The van der Waals surface area contributed by atoms with Crippen LogP contribution in [0.2, 0.25) is 0 Å². The maximum atomic E-state index is 16.3. The summed E-state index contributed by atoms with van der Waals surface area (Å²) in [5.41, 5.74) is -7.36. The Labute approximate surface area is 365 Å². The number of nitrogens with zero attached hydrogens (tertiary/aromatic N) is 4. The maximum Gasteiger partial charge on any atom is 0.410 e. The van der Waals surface area contributed by atoms with Crippen LogP contribution in [0.15, 0.2) is 24.3 Å². The van der Waals surface area contributed by atoms with Crippen molar-refractivity contribution in [1.82, 2.24) is 29.9 Å². The van der Waals surface area contributed by atoms with E-state index < -0.39 is 79.1 Å². The molecule has 0 aliphatic carbocycles. The number of halogens is 2. The van der Waals surface area contributed by atoms with Gasteiger partial charge in [0.05, 0.1) is 16.9 Å². The summed E-state index contributed by atoms with van der Waals surface area (Å²) in [4.78, 5) is 101. The minimum absolute atomic E-state index is 0.0356. The minimum Gasteiger partial charge on any atom is -0.438 e. The zero-order chi connectivity index (χ0) is 46.8. The van der Waals surface area contributed by atoms with Crippen molar-refractivity contribution >= 4 is 60.0 Å². The molecule has 3 fully saturated rings. The molecule has 0 saturated carbocycles. The molecule has 348 valence electrons. The van der Waals surface area contributed by atoms with Crippen LogP contribution >= 0.6 is 7.60 Å². The quantitative estimate of drug-likeness (QED) is 0.159. The summed E-state index contributed by atoms with van der Waals surface area (Å²) < 4.78 is 66.3. The first-order chi connectivity index (χ1) is 29.3. The third kappa shape index (κ3) is 10.9. The fourth-order valence-electron chi connectivity index (χ4n) is 7.70. The van der Waals surface area contributed by atoms with E-state index in [-0.39, 0.29) is 59.5 Å². The average molecular weight is 909 g/mol. The van der Waals surface area contributed by atoms with Gasteiger partial charge in [0.2, 0.25) is 37.2 Å². The number of nitrogens with one attached hydrogen (secondary N) is 2. The lowest BCUT2D eigenvalue weighted by Crippen LogP contribution is -2.61. The summed E-state index contributed by atoms with van der Waals surface area (Å²) in [6, 6.07) is 1.64. The molecule has 3 aliphatic rings. The van der Waals surface area contributed by atoms with Crippen molar-refractivity contribution in [2.75, 3.05) is 46.8 Å². The van der Waals surface area contributed by atoms with Crippen LogP contribution in [0.5, 0.6) is 0 Å². The van der Waals surface area contributed by atoms with Gasteiger partial charge in [-0.3, -0.25) is 47.2 Å². The lowest BCUT2D eigenvalue weighted by molar-refractivity contribution is -0.163. The van der Waals surface area contributed by atoms with E-state index in [1.54, 1.807) is 23.8 Å². The van der Waals surface area contributed by atoms with Gasteiger partial charge in [-0.1, -0.05) is 13.0 Å². The summed E-state index contributed by atoms with van der Waals surface area (Å²) >= 11 is 0. The molecule has 4 heterocycles. The number of ether oxygens (including phenoxy) is 2. The normalized spacial score (nSPS) is 21.1. The van der Waals surface area contributed by atoms with Crippen molar-refractivity contribution in [3.8, 4) is 0 Å². The number of fused-ring (bicyclic) bond motifs is 2. The van der Waals surface area contributed by atoms with Crippen molar-refractivity contribution in [1.29, 1.82) is 0 Å². The van der Waals surface area contributed by atoms with Gasteiger partial charge in [-0.2, -0.15) is 8.78 Å². The lowest BCUT2D eigenvalue weighted by atomic mass is 9.98. The van der Waals surface area contributed by atoms with Gasteiger partial charge in [-0.25, -0.2) is 0 Å². The Balaban J connectivity index is 1.37. The molecule has 1 aromatic heterocycles. The predicted molar refractivity (Wildman–Crippen MR) is 223 cm³/mol. The molecule has 0 bridgehead atoms. The fourth-order valence-corrected chi connectivity index (χ4v) is 8.94. The highest BCUT2D eigenvalue weighted by Crippen LogP contribution is 2.67. The smallest absolute Gasteiger partial charge is 0.410 e. The first-order valence-electron chi connectivity index (χ1n) is 21.0.